The number of carbonyl (C=O) groups is 1. The van der Waals surface area contributed by atoms with Crippen LogP contribution in [0.3, 0.4) is 0 Å². The predicted octanol–water partition coefficient (Wildman–Crippen LogP) is 4.43. The summed E-state index contributed by atoms with van der Waals surface area (Å²) in [5.74, 6) is 1.10. The molecule has 1 aliphatic carbocycles. The predicted molar refractivity (Wildman–Crippen MR) is 73.1 cm³/mol. The van der Waals surface area contributed by atoms with Crippen LogP contribution in [0.5, 0.6) is 0 Å². The van der Waals surface area contributed by atoms with Crippen LogP contribution < -0.4 is 0 Å². The number of Topliss-reactive ketones (excluding diaryl/α,β-unsaturated/α-hetero) is 1. The van der Waals surface area contributed by atoms with Crippen LogP contribution in [0.1, 0.15) is 36.0 Å². The molecular formula is C12H12BrIO. The Morgan fingerprint density at radius 1 is 1.47 bits per heavy atom. The van der Waals surface area contributed by atoms with Gasteiger partial charge < -0.3 is 0 Å². The highest BCUT2D eigenvalue weighted by atomic mass is 127. The fourth-order valence-electron chi connectivity index (χ4n) is 1.59. The summed E-state index contributed by atoms with van der Waals surface area (Å²) in [4.78, 5) is 11.9. The second-order valence-corrected chi connectivity index (χ2v) is 6.13. The highest BCUT2D eigenvalue weighted by molar-refractivity contribution is 14.1. The van der Waals surface area contributed by atoms with Crippen molar-refractivity contribution in [3.8, 4) is 0 Å². The van der Waals surface area contributed by atoms with Crippen molar-refractivity contribution in [2.24, 2.45) is 5.92 Å². The van der Waals surface area contributed by atoms with E-state index in [1.165, 1.54) is 12.8 Å². The minimum Gasteiger partial charge on any atom is -0.294 e. The SMILES string of the molecule is O=C(CCC1CC1)c1cc(I)ccc1Br. The molecule has 0 heterocycles. The van der Waals surface area contributed by atoms with E-state index in [9.17, 15) is 4.79 Å². The van der Waals surface area contributed by atoms with Gasteiger partial charge >= 0.3 is 0 Å². The van der Waals surface area contributed by atoms with Gasteiger partial charge in [-0.3, -0.25) is 4.79 Å². The van der Waals surface area contributed by atoms with Gasteiger partial charge in [-0.25, -0.2) is 0 Å². The summed E-state index contributed by atoms with van der Waals surface area (Å²) in [6, 6.07) is 5.91. The topological polar surface area (TPSA) is 17.1 Å². The number of rotatable bonds is 4. The molecule has 15 heavy (non-hydrogen) atoms. The molecule has 1 nitrogen and oxygen atoms in total. The molecule has 0 saturated heterocycles. The molecule has 3 heteroatoms. The smallest absolute Gasteiger partial charge is 0.164 e. The largest absolute Gasteiger partial charge is 0.294 e. The molecule has 80 valence electrons. The number of carbonyl (C=O) groups excluding carboxylic acids is 1. The van der Waals surface area contributed by atoms with Crippen LogP contribution in [0, 0.1) is 9.49 Å². The molecule has 2 rings (SSSR count). The van der Waals surface area contributed by atoms with Crippen molar-refractivity contribution in [2.75, 3.05) is 0 Å². The maximum Gasteiger partial charge on any atom is 0.164 e. The second-order valence-electron chi connectivity index (χ2n) is 4.03. The van der Waals surface area contributed by atoms with E-state index in [1.54, 1.807) is 0 Å². The first-order chi connectivity index (χ1) is 7.16. The van der Waals surface area contributed by atoms with E-state index in [1.807, 2.05) is 18.2 Å². The molecule has 0 bridgehead atoms. The van der Waals surface area contributed by atoms with Crippen molar-refractivity contribution in [2.45, 2.75) is 25.7 Å². The average molecular weight is 379 g/mol. The minimum absolute atomic E-state index is 0.271. The maximum atomic E-state index is 11.9. The van der Waals surface area contributed by atoms with Crippen LogP contribution in [-0.4, -0.2) is 5.78 Å². The Balaban J connectivity index is 2.05. The number of hydrogen-bond donors (Lipinski definition) is 0. The molecule has 0 amide bonds. The lowest BCUT2D eigenvalue weighted by atomic mass is 10.1. The van der Waals surface area contributed by atoms with Gasteiger partial charge in [0.1, 0.15) is 0 Å². The Bertz CT molecular complexity index is 385. The van der Waals surface area contributed by atoms with Crippen LogP contribution in [-0.2, 0) is 0 Å². The summed E-state index contributed by atoms with van der Waals surface area (Å²) in [6.45, 7) is 0. The van der Waals surface area contributed by atoms with Gasteiger partial charge in [0.2, 0.25) is 0 Å². The van der Waals surface area contributed by atoms with Gasteiger partial charge in [-0.2, -0.15) is 0 Å². The van der Waals surface area contributed by atoms with Crippen LogP contribution in [0.25, 0.3) is 0 Å². The monoisotopic (exact) mass is 378 g/mol. The van der Waals surface area contributed by atoms with Gasteiger partial charge in [-0.05, 0) is 53.1 Å². The van der Waals surface area contributed by atoms with Crippen LogP contribution >= 0.6 is 38.5 Å². The first-order valence-corrected chi connectivity index (χ1v) is 7.02. The molecular weight excluding hydrogens is 367 g/mol. The zero-order valence-electron chi connectivity index (χ0n) is 8.30. The lowest BCUT2D eigenvalue weighted by molar-refractivity contribution is 0.0977. The van der Waals surface area contributed by atoms with Crippen molar-refractivity contribution >= 4 is 44.3 Å². The first kappa shape index (κ1) is 11.6. The van der Waals surface area contributed by atoms with E-state index in [2.05, 4.69) is 38.5 Å². The van der Waals surface area contributed by atoms with Gasteiger partial charge in [0.05, 0.1) is 0 Å². The summed E-state index contributed by atoms with van der Waals surface area (Å²) in [5.41, 5.74) is 0.836. The van der Waals surface area contributed by atoms with Gasteiger partial charge in [-0.1, -0.05) is 28.8 Å². The molecule has 0 aliphatic heterocycles. The van der Waals surface area contributed by atoms with Crippen molar-refractivity contribution in [1.29, 1.82) is 0 Å². The number of halogens is 2. The third kappa shape index (κ3) is 3.28. The van der Waals surface area contributed by atoms with Gasteiger partial charge in [-0.15, -0.1) is 0 Å². The number of ketones is 1. The lowest BCUT2D eigenvalue weighted by Gasteiger charge is -2.04. The number of hydrogen-bond acceptors (Lipinski definition) is 1. The van der Waals surface area contributed by atoms with Gasteiger partial charge in [0.25, 0.3) is 0 Å². The van der Waals surface area contributed by atoms with E-state index in [-0.39, 0.29) is 5.78 Å². The Morgan fingerprint density at radius 3 is 2.87 bits per heavy atom. The van der Waals surface area contributed by atoms with E-state index in [0.717, 1.165) is 25.9 Å². The molecule has 1 aliphatic rings. The summed E-state index contributed by atoms with van der Waals surface area (Å²) in [5, 5.41) is 0. The Morgan fingerprint density at radius 2 is 2.20 bits per heavy atom. The fourth-order valence-corrected chi connectivity index (χ4v) is 2.55. The standard InChI is InChI=1S/C12H12BrIO/c13-11-5-4-9(14)7-10(11)12(15)6-3-8-1-2-8/h4-5,7-8H,1-3,6H2. The molecule has 1 aromatic rings. The zero-order chi connectivity index (χ0) is 10.8. The first-order valence-electron chi connectivity index (χ1n) is 5.15. The Labute approximate surface area is 112 Å². The molecule has 0 spiro atoms. The van der Waals surface area contributed by atoms with E-state index in [4.69, 9.17) is 0 Å². The zero-order valence-corrected chi connectivity index (χ0v) is 12.0. The minimum atomic E-state index is 0.271. The quantitative estimate of drug-likeness (QED) is 0.559. The van der Waals surface area contributed by atoms with E-state index in [0.29, 0.717) is 6.42 Å². The van der Waals surface area contributed by atoms with E-state index >= 15 is 0 Å². The van der Waals surface area contributed by atoms with Gasteiger partial charge in [0.15, 0.2) is 5.78 Å². The highest BCUT2D eigenvalue weighted by Gasteiger charge is 2.22. The summed E-state index contributed by atoms with van der Waals surface area (Å²) in [7, 11) is 0. The third-order valence-electron chi connectivity index (χ3n) is 2.71. The highest BCUT2D eigenvalue weighted by Crippen LogP contribution is 2.34. The summed E-state index contributed by atoms with van der Waals surface area (Å²) >= 11 is 5.67. The summed E-state index contributed by atoms with van der Waals surface area (Å²) < 4.78 is 2.04. The molecule has 0 unspecified atom stereocenters. The molecule has 0 atom stereocenters. The molecule has 0 N–H and O–H groups in total. The molecule has 1 aromatic carbocycles. The van der Waals surface area contributed by atoms with Crippen LogP contribution in [0.4, 0.5) is 0 Å². The normalized spacial score (nSPS) is 15.3. The average Bonchev–Trinajstić information content (AvgIpc) is 3.02. The third-order valence-corrected chi connectivity index (χ3v) is 4.07. The lowest BCUT2D eigenvalue weighted by Crippen LogP contribution is -2.01. The van der Waals surface area contributed by atoms with Crippen LogP contribution in [0.15, 0.2) is 22.7 Å². The van der Waals surface area contributed by atoms with Crippen molar-refractivity contribution in [1.82, 2.24) is 0 Å². The van der Waals surface area contributed by atoms with Gasteiger partial charge in [0, 0.05) is 20.0 Å². The van der Waals surface area contributed by atoms with Crippen molar-refractivity contribution < 1.29 is 4.79 Å². The molecule has 0 aromatic heterocycles. The van der Waals surface area contributed by atoms with Crippen molar-refractivity contribution in [3.63, 3.8) is 0 Å². The fraction of sp³-hybridized carbons (Fsp3) is 0.417. The molecule has 1 saturated carbocycles. The van der Waals surface area contributed by atoms with Crippen molar-refractivity contribution in [3.05, 3.63) is 31.8 Å². The molecule has 1 fully saturated rings. The Hall–Kier alpha value is 0.1000. The Kier molecular flexibility index (Phi) is 3.83. The maximum absolute atomic E-state index is 11.9. The molecule has 0 radical (unpaired) electrons. The second kappa shape index (κ2) is 4.95. The van der Waals surface area contributed by atoms with Crippen LogP contribution in [0.2, 0.25) is 0 Å². The van der Waals surface area contributed by atoms with E-state index < -0.39 is 0 Å². The summed E-state index contributed by atoms with van der Waals surface area (Å²) in [6.07, 6.45) is 4.40. The number of benzene rings is 1.